The van der Waals surface area contributed by atoms with E-state index in [0.717, 1.165) is 19.4 Å². The zero-order valence-electron chi connectivity index (χ0n) is 8.59. The molecule has 1 atom stereocenters. The first-order valence-corrected chi connectivity index (χ1v) is 5.02. The van der Waals surface area contributed by atoms with Crippen LogP contribution in [0.3, 0.4) is 0 Å². The molecule has 0 aliphatic carbocycles. The fourth-order valence-electron chi connectivity index (χ4n) is 1.99. The largest absolute Gasteiger partial charge is 0.504 e. The van der Waals surface area contributed by atoms with Crippen molar-refractivity contribution in [2.75, 3.05) is 13.7 Å². The molecule has 0 spiro atoms. The molecule has 2 N–H and O–H groups in total. The van der Waals surface area contributed by atoms with E-state index in [1.165, 1.54) is 19.2 Å². The predicted octanol–water partition coefficient (Wildman–Crippen LogP) is 1.96. The van der Waals surface area contributed by atoms with Gasteiger partial charge in [-0.25, -0.2) is 4.39 Å². The number of phenolic OH excluding ortho intramolecular Hbond substituents is 1. The lowest BCUT2D eigenvalue weighted by Crippen LogP contribution is -2.14. The van der Waals surface area contributed by atoms with Gasteiger partial charge in [0, 0.05) is 6.04 Å². The second kappa shape index (κ2) is 4.06. The number of nitrogens with one attached hydrogen (secondary N) is 1. The maximum absolute atomic E-state index is 13.6. The van der Waals surface area contributed by atoms with Gasteiger partial charge in [0.1, 0.15) is 5.82 Å². The summed E-state index contributed by atoms with van der Waals surface area (Å²) < 4.78 is 18.5. The summed E-state index contributed by atoms with van der Waals surface area (Å²) in [5.74, 6) is -0.148. The summed E-state index contributed by atoms with van der Waals surface area (Å²) in [7, 11) is 1.46. The standard InChI is InChI=1S/C11H14FNO2/c1-15-9-5-4-7(12)10(11(9)14)8-3-2-6-13-8/h4-5,8,13-14H,2-3,6H2,1H3/t8-/m1/s1. The number of aromatic hydroxyl groups is 1. The lowest BCUT2D eigenvalue weighted by molar-refractivity contribution is 0.362. The first kappa shape index (κ1) is 10.2. The molecule has 2 rings (SSSR count). The number of benzene rings is 1. The van der Waals surface area contributed by atoms with E-state index in [1.807, 2.05) is 0 Å². The molecule has 0 radical (unpaired) electrons. The Morgan fingerprint density at radius 3 is 2.93 bits per heavy atom. The molecule has 1 heterocycles. The molecule has 3 nitrogen and oxygen atoms in total. The van der Waals surface area contributed by atoms with Crippen LogP contribution in [0.25, 0.3) is 0 Å². The smallest absolute Gasteiger partial charge is 0.165 e. The lowest BCUT2D eigenvalue weighted by atomic mass is 10.0. The minimum Gasteiger partial charge on any atom is -0.504 e. The second-order valence-electron chi connectivity index (χ2n) is 3.66. The van der Waals surface area contributed by atoms with Gasteiger partial charge >= 0.3 is 0 Å². The van der Waals surface area contributed by atoms with Crippen LogP contribution >= 0.6 is 0 Å². The number of phenols is 1. The third-order valence-electron chi connectivity index (χ3n) is 2.76. The van der Waals surface area contributed by atoms with Gasteiger partial charge in [-0.3, -0.25) is 0 Å². The number of halogens is 1. The van der Waals surface area contributed by atoms with Gasteiger partial charge in [0.05, 0.1) is 12.7 Å². The summed E-state index contributed by atoms with van der Waals surface area (Å²) in [5, 5.41) is 13.0. The Bertz CT molecular complexity index is 362. The van der Waals surface area contributed by atoms with Crippen molar-refractivity contribution in [1.82, 2.24) is 5.32 Å². The van der Waals surface area contributed by atoms with E-state index < -0.39 is 0 Å². The van der Waals surface area contributed by atoms with Crippen LogP contribution in [-0.4, -0.2) is 18.8 Å². The summed E-state index contributed by atoms with van der Waals surface area (Å²) in [6, 6.07) is 2.66. The molecular weight excluding hydrogens is 197 g/mol. The third-order valence-corrected chi connectivity index (χ3v) is 2.76. The Hall–Kier alpha value is -1.29. The summed E-state index contributed by atoms with van der Waals surface area (Å²) in [4.78, 5) is 0. The number of ether oxygens (including phenoxy) is 1. The van der Waals surface area contributed by atoms with E-state index >= 15 is 0 Å². The van der Waals surface area contributed by atoms with Crippen molar-refractivity contribution in [3.05, 3.63) is 23.5 Å². The van der Waals surface area contributed by atoms with Crippen LogP contribution in [0.15, 0.2) is 12.1 Å². The van der Waals surface area contributed by atoms with Crippen molar-refractivity contribution in [2.45, 2.75) is 18.9 Å². The van der Waals surface area contributed by atoms with Gasteiger partial charge in [0.15, 0.2) is 11.5 Å². The third kappa shape index (κ3) is 1.77. The molecule has 15 heavy (non-hydrogen) atoms. The van der Waals surface area contributed by atoms with Gasteiger partial charge in [-0.2, -0.15) is 0 Å². The molecule has 1 saturated heterocycles. The van der Waals surface area contributed by atoms with Crippen molar-refractivity contribution >= 4 is 0 Å². The molecule has 4 heteroatoms. The second-order valence-corrected chi connectivity index (χ2v) is 3.66. The summed E-state index contributed by atoms with van der Waals surface area (Å²) in [6.45, 7) is 0.862. The monoisotopic (exact) mass is 211 g/mol. The quantitative estimate of drug-likeness (QED) is 0.785. The maximum atomic E-state index is 13.6. The highest BCUT2D eigenvalue weighted by Gasteiger charge is 2.24. The zero-order chi connectivity index (χ0) is 10.8. The molecule has 1 aliphatic heterocycles. The Labute approximate surface area is 87.9 Å². The normalized spacial score (nSPS) is 20.5. The summed E-state index contributed by atoms with van der Waals surface area (Å²) >= 11 is 0. The molecule has 1 aromatic carbocycles. The summed E-state index contributed by atoms with van der Waals surface area (Å²) in [5.41, 5.74) is 0.326. The van der Waals surface area contributed by atoms with Crippen molar-refractivity contribution in [1.29, 1.82) is 0 Å². The molecule has 0 unspecified atom stereocenters. The minimum atomic E-state index is -0.382. The fourth-order valence-corrected chi connectivity index (χ4v) is 1.99. The number of methoxy groups -OCH3 is 1. The van der Waals surface area contributed by atoms with Crippen LogP contribution in [-0.2, 0) is 0 Å². The van der Waals surface area contributed by atoms with Gasteiger partial charge < -0.3 is 15.2 Å². The molecular formula is C11H14FNO2. The van der Waals surface area contributed by atoms with Crippen LogP contribution in [0.1, 0.15) is 24.4 Å². The van der Waals surface area contributed by atoms with Crippen molar-refractivity contribution < 1.29 is 14.2 Å². The van der Waals surface area contributed by atoms with Crippen LogP contribution in [0.5, 0.6) is 11.5 Å². The van der Waals surface area contributed by atoms with E-state index in [0.29, 0.717) is 11.3 Å². The molecule has 82 valence electrons. The SMILES string of the molecule is COc1ccc(F)c([C@H]2CCCN2)c1O. The molecule has 0 aromatic heterocycles. The molecule has 0 amide bonds. The van der Waals surface area contributed by atoms with Crippen LogP contribution in [0, 0.1) is 5.82 Å². The first-order valence-electron chi connectivity index (χ1n) is 5.02. The summed E-state index contributed by atoms with van der Waals surface area (Å²) in [6.07, 6.45) is 1.85. The molecule has 1 aliphatic rings. The fraction of sp³-hybridized carbons (Fsp3) is 0.455. The van der Waals surface area contributed by atoms with Gasteiger partial charge in [0.2, 0.25) is 0 Å². The van der Waals surface area contributed by atoms with Gasteiger partial charge in [-0.1, -0.05) is 0 Å². The minimum absolute atomic E-state index is 0.0862. The van der Waals surface area contributed by atoms with E-state index in [2.05, 4.69) is 5.32 Å². The van der Waals surface area contributed by atoms with Crippen LogP contribution < -0.4 is 10.1 Å². The number of rotatable bonds is 2. The maximum Gasteiger partial charge on any atom is 0.165 e. The van der Waals surface area contributed by atoms with Crippen LogP contribution in [0.4, 0.5) is 4.39 Å². The van der Waals surface area contributed by atoms with E-state index in [9.17, 15) is 9.50 Å². The highest BCUT2D eigenvalue weighted by molar-refractivity contribution is 5.47. The van der Waals surface area contributed by atoms with Crippen molar-refractivity contribution in [2.24, 2.45) is 0 Å². The van der Waals surface area contributed by atoms with Crippen molar-refractivity contribution in [3.63, 3.8) is 0 Å². The molecule has 0 saturated carbocycles. The topological polar surface area (TPSA) is 41.5 Å². The highest BCUT2D eigenvalue weighted by Crippen LogP contribution is 2.38. The van der Waals surface area contributed by atoms with E-state index in [1.54, 1.807) is 0 Å². The van der Waals surface area contributed by atoms with E-state index in [-0.39, 0.29) is 17.6 Å². The number of hydrogen-bond donors (Lipinski definition) is 2. The molecule has 0 bridgehead atoms. The van der Waals surface area contributed by atoms with Gasteiger partial charge in [-0.15, -0.1) is 0 Å². The lowest BCUT2D eigenvalue weighted by Gasteiger charge is -2.15. The average molecular weight is 211 g/mol. The Morgan fingerprint density at radius 2 is 2.33 bits per heavy atom. The number of hydrogen-bond acceptors (Lipinski definition) is 3. The van der Waals surface area contributed by atoms with E-state index in [4.69, 9.17) is 4.74 Å². The average Bonchev–Trinajstić information content (AvgIpc) is 2.71. The molecule has 1 fully saturated rings. The van der Waals surface area contributed by atoms with Gasteiger partial charge in [-0.05, 0) is 31.5 Å². The Kier molecular flexibility index (Phi) is 2.77. The van der Waals surface area contributed by atoms with Crippen LogP contribution in [0.2, 0.25) is 0 Å². The zero-order valence-corrected chi connectivity index (χ0v) is 8.59. The Morgan fingerprint density at radius 1 is 1.53 bits per heavy atom. The predicted molar refractivity (Wildman–Crippen MR) is 54.6 cm³/mol. The first-order chi connectivity index (χ1) is 7.24. The Balaban J connectivity index is 2.43. The highest BCUT2D eigenvalue weighted by atomic mass is 19.1. The molecule has 1 aromatic rings. The van der Waals surface area contributed by atoms with Gasteiger partial charge in [0.25, 0.3) is 0 Å². The van der Waals surface area contributed by atoms with Crippen molar-refractivity contribution in [3.8, 4) is 11.5 Å².